The highest BCUT2D eigenvalue weighted by Gasteiger charge is 2.46. The molecule has 1 unspecified atom stereocenters. The third-order valence-electron chi connectivity index (χ3n) is 7.12. The summed E-state index contributed by atoms with van der Waals surface area (Å²) < 4.78 is 10.9. The van der Waals surface area contributed by atoms with Crippen LogP contribution >= 0.6 is 0 Å². The Bertz CT molecular complexity index is 1120. The van der Waals surface area contributed by atoms with Gasteiger partial charge in [0.2, 0.25) is 0 Å². The zero-order chi connectivity index (χ0) is 27.7. The van der Waals surface area contributed by atoms with Crippen molar-refractivity contribution in [3.63, 3.8) is 0 Å². The number of carbonyl (C=O) groups is 2. The lowest BCUT2D eigenvalue weighted by molar-refractivity contribution is -0.140. The van der Waals surface area contributed by atoms with Crippen LogP contribution in [0, 0.1) is 6.92 Å². The Hall–Kier alpha value is -3.32. The summed E-state index contributed by atoms with van der Waals surface area (Å²) in [4.78, 5) is 30.8. The normalized spacial score (nSPS) is 16.9. The van der Waals surface area contributed by atoms with Gasteiger partial charge in [-0.1, -0.05) is 62.6 Å². The van der Waals surface area contributed by atoms with E-state index in [1.54, 1.807) is 43.4 Å². The zero-order valence-corrected chi connectivity index (χ0v) is 23.5. The van der Waals surface area contributed by atoms with E-state index in [2.05, 4.69) is 18.7 Å². The first-order chi connectivity index (χ1) is 18.4. The van der Waals surface area contributed by atoms with Crippen LogP contribution < -0.4 is 9.47 Å². The summed E-state index contributed by atoms with van der Waals surface area (Å²) in [7, 11) is 3.11. The Morgan fingerprint density at radius 3 is 2.08 bits per heavy atom. The monoisotopic (exact) mass is 522 g/mol. The van der Waals surface area contributed by atoms with E-state index >= 15 is 0 Å². The zero-order valence-electron chi connectivity index (χ0n) is 23.5. The number of ketones is 1. The molecule has 0 aliphatic carbocycles. The first-order valence-corrected chi connectivity index (χ1v) is 13.7. The second-order valence-corrected chi connectivity index (χ2v) is 9.88. The minimum absolute atomic E-state index is 0.0971. The van der Waals surface area contributed by atoms with Gasteiger partial charge in [-0.2, -0.15) is 0 Å². The topological polar surface area (TPSA) is 79.3 Å². The van der Waals surface area contributed by atoms with Crippen molar-refractivity contribution in [1.82, 2.24) is 9.80 Å². The molecule has 38 heavy (non-hydrogen) atoms. The molecule has 1 fully saturated rings. The largest absolute Gasteiger partial charge is 0.507 e. The van der Waals surface area contributed by atoms with Gasteiger partial charge in [0.15, 0.2) is 11.5 Å². The number of aliphatic hydroxyl groups is 1. The Morgan fingerprint density at radius 1 is 0.895 bits per heavy atom. The molecule has 7 nitrogen and oxygen atoms in total. The number of hydrogen-bond acceptors (Lipinski definition) is 6. The number of aryl methyl sites for hydroxylation is 1. The number of methoxy groups -OCH3 is 2. The minimum Gasteiger partial charge on any atom is -0.507 e. The summed E-state index contributed by atoms with van der Waals surface area (Å²) in [5.41, 5.74) is 2.32. The third-order valence-corrected chi connectivity index (χ3v) is 7.12. The minimum atomic E-state index is -0.726. The SMILES string of the molecule is CCCCN(CCCC)CCCN1C(=O)C(=O)C(=C(O)c2ccc(C)cc2)C1c1ccc(OC)c(OC)c1. The molecule has 1 amide bonds. The molecule has 1 atom stereocenters. The summed E-state index contributed by atoms with van der Waals surface area (Å²) in [5.74, 6) is -0.382. The molecule has 1 aliphatic rings. The lowest BCUT2D eigenvalue weighted by Crippen LogP contribution is -2.34. The second-order valence-electron chi connectivity index (χ2n) is 9.88. The first kappa shape index (κ1) is 29.2. The number of Topliss-reactive ketones (excluding diaryl/α,β-unsaturated/α-hetero) is 1. The van der Waals surface area contributed by atoms with Gasteiger partial charge in [0.25, 0.3) is 11.7 Å². The van der Waals surface area contributed by atoms with Crippen molar-refractivity contribution in [3.05, 3.63) is 64.7 Å². The molecule has 1 heterocycles. The van der Waals surface area contributed by atoms with E-state index in [1.165, 1.54) is 0 Å². The highest BCUT2D eigenvalue weighted by Crippen LogP contribution is 2.42. The van der Waals surface area contributed by atoms with Gasteiger partial charge in [-0.3, -0.25) is 9.59 Å². The van der Waals surface area contributed by atoms with E-state index in [4.69, 9.17) is 9.47 Å². The maximum atomic E-state index is 13.4. The van der Waals surface area contributed by atoms with Crippen LogP contribution in [-0.4, -0.2) is 67.0 Å². The molecule has 2 aromatic rings. The number of benzene rings is 2. The standard InChI is InChI=1S/C31H42N2O5/c1-6-8-17-32(18-9-7-2)19-10-20-33-28(24-15-16-25(37-4)26(21-24)38-5)27(30(35)31(33)36)29(34)23-13-11-22(3)12-14-23/h11-16,21,28,34H,6-10,17-20H2,1-5H3. The van der Waals surface area contributed by atoms with E-state index in [1.807, 2.05) is 25.1 Å². The van der Waals surface area contributed by atoms with Crippen LogP contribution in [0.4, 0.5) is 0 Å². The highest BCUT2D eigenvalue weighted by atomic mass is 16.5. The molecule has 1 aliphatic heterocycles. The number of aliphatic hydroxyl groups excluding tert-OH is 1. The Kier molecular flexibility index (Phi) is 10.8. The molecule has 0 saturated carbocycles. The molecule has 1 saturated heterocycles. The molecule has 0 bridgehead atoms. The van der Waals surface area contributed by atoms with E-state index < -0.39 is 17.7 Å². The van der Waals surface area contributed by atoms with Crippen LogP contribution in [0.5, 0.6) is 11.5 Å². The van der Waals surface area contributed by atoms with Crippen LogP contribution in [0.2, 0.25) is 0 Å². The van der Waals surface area contributed by atoms with Crippen molar-refractivity contribution >= 4 is 17.4 Å². The molecule has 0 spiro atoms. The van der Waals surface area contributed by atoms with Crippen molar-refractivity contribution in [1.29, 1.82) is 0 Å². The number of unbranched alkanes of at least 4 members (excludes halogenated alkanes) is 2. The van der Waals surface area contributed by atoms with Crippen molar-refractivity contribution in [2.75, 3.05) is 40.4 Å². The van der Waals surface area contributed by atoms with Gasteiger partial charge < -0.3 is 24.4 Å². The number of rotatable bonds is 14. The quantitative estimate of drug-likeness (QED) is 0.194. The lowest BCUT2D eigenvalue weighted by Gasteiger charge is -2.28. The summed E-state index contributed by atoms with van der Waals surface area (Å²) >= 11 is 0. The fourth-order valence-corrected chi connectivity index (χ4v) is 4.91. The fourth-order valence-electron chi connectivity index (χ4n) is 4.91. The molecule has 0 aromatic heterocycles. The Morgan fingerprint density at radius 2 is 1.50 bits per heavy atom. The number of ether oxygens (including phenoxy) is 2. The number of carbonyl (C=O) groups excluding carboxylic acids is 2. The third kappa shape index (κ3) is 6.76. The van der Waals surface area contributed by atoms with E-state index in [-0.39, 0.29) is 11.3 Å². The van der Waals surface area contributed by atoms with Crippen LogP contribution in [0.15, 0.2) is 48.0 Å². The fraction of sp³-hybridized carbons (Fsp3) is 0.484. The van der Waals surface area contributed by atoms with Crippen LogP contribution in [0.1, 0.15) is 68.7 Å². The first-order valence-electron chi connectivity index (χ1n) is 13.7. The van der Waals surface area contributed by atoms with Gasteiger partial charge in [0.1, 0.15) is 5.76 Å². The van der Waals surface area contributed by atoms with Gasteiger partial charge in [-0.15, -0.1) is 0 Å². The molecule has 7 heteroatoms. The van der Waals surface area contributed by atoms with Gasteiger partial charge in [-0.05, 0) is 63.5 Å². The Labute approximate surface area is 227 Å². The van der Waals surface area contributed by atoms with Gasteiger partial charge in [0, 0.05) is 12.1 Å². The lowest BCUT2D eigenvalue weighted by atomic mass is 9.94. The molecule has 0 radical (unpaired) electrons. The molecule has 2 aromatic carbocycles. The predicted molar refractivity (Wildman–Crippen MR) is 151 cm³/mol. The van der Waals surface area contributed by atoms with Gasteiger partial charge in [0.05, 0.1) is 25.8 Å². The summed E-state index contributed by atoms with van der Waals surface area (Å²) in [5, 5.41) is 11.3. The van der Waals surface area contributed by atoms with E-state index in [0.29, 0.717) is 29.2 Å². The van der Waals surface area contributed by atoms with E-state index in [9.17, 15) is 14.7 Å². The number of amides is 1. The maximum Gasteiger partial charge on any atom is 0.295 e. The molecular formula is C31H42N2O5. The molecule has 206 valence electrons. The van der Waals surface area contributed by atoms with E-state index in [0.717, 1.165) is 57.3 Å². The molecule has 3 rings (SSSR count). The van der Waals surface area contributed by atoms with Crippen molar-refractivity contribution in [3.8, 4) is 11.5 Å². The van der Waals surface area contributed by atoms with Crippen molar-refractivity contribution < 1.29 is 24.2 Å². The molecule has 1 N–H and O–H groups in total. The van der Waals surface area contributed by atoms with Crippen molar-refractivity contribution in [2.45, 2.75) is 58.9 Å². The predicted octanol–water partition coefficient (Wildman–Crippen LogP) is 5.73. The van der Waals surface area contributed by atoms with Crippen molar-refractivity contribution in [2.24, 2.45) is 0 Å². The smallest absolute Gasteiger partial charge is 0.295 e. The maximum absolute atomic E-state index is 13.4. The number of nitrogens with zero attached hydrogens (tertiary/aromatic N) is 2. The van der Waals surface area contributed by atoms with Gasteiger partial charge >= 0.3 is 0 Å². The number of likely N-dealkylation sites (tertiary alicyclic amines) is 1. The highest BCUT2D eigenvalue weighted by molar-refractivity contribution is 6.46. The second kappa shape index (κ2) is 14.0. The Balaban J connectivity index is 1.98. The average molecular weight is 523 g/mol. The van der Waals surface area contributed by atoms with Crippen LogP contribution in [-0.2, 0) is 9.59 Å². The van der Waals surface area contributed by atoms with Crippen LogP contribution in [0.3, 0.4) is 0 Å². The van der Waals surface area contributed by atoms with Gasteiger partial charge in [-0.25, -0.2) is 0 Å². The molecular weight excluding hydrogens is 480 g/mol. The van der Waals surface area contributed by atoms with Crippen LogP contribution in [0.25, 0.3) is 5.76 Å². The summed E-state index contributed by atoms with van der Waals surface area (Å²) in [6.45, 7) is 9.65. The summed E-state index contributed by atoms with van der Waals surface area (Å²) in [6, 6.07) is 11.9. The average Bonchev–Trinajstić information content (AvgIpc) is 3.18. The number of hydrogen-bond donors (Lipinski definition) is 1. The summed E-state index contributed by atoms with van der Waals surface area (Å²) in [6.07, 6.45) is 5.27.